The second-order valence-electron chi connectivity index (χ2n) is 9.10. The molecule has 5 rings (SSSR count). The first-order valence-electron chi connectivity index (χ1n) is 11.6. The molecule has 2 N–H and O–H groups in total. The van der Waals surface area contributed by atoms with E-state index in [1.54, 1.807) is 6.20 Å². The van der Waals surface area contributed by atoms with E-state index in [2.05, 4.69) is 33.0 Å². The number of nitrogens with zero attached hydrogens (tertiary/aromatic N) is 3. The molecule has 2 unspecified atom stereocenters. The van der Waals surface area contributed by atoms with Crippen LogP contribution in [0.1, 0.15) is 40.4 Å². The van der Waals surface area contributed by atoms with Gasteiger partial charge in [0.2, 0.25) is 0 Å². The molecule has 2 atom stereocenters. The Hall–Kier alpha value is -2.32. The molecule has 32 heavy (non-hydrogen) atoms. The predicted molar refractivity (Wildman–Crippen MR) is 122 cm³/mol. The van der Waals surface area contributed by atoms with Gasteiger partial charge < -0.3 is 15.2 Å². The zero-order valence-electron chi connectivity index (χ0n) is 18.7. The second-order valence-corrected chi connectivity index (χ2v) is 9.10. The molecule has 0 bridgehead atoms. The van der Waals surface area contributed by atoms with Gasteiger partial charge in [-0.05, 0) is 42.0 Å². The third kappa shape index (κ3) is 4.18. The summed E-state index contributed by atoms with van der Waals surface area (Å²) in [5.74, 6) is -0.372. The lowest BCUT2D eigenvalue weighted by Crippen LogP contribution is -2.51. The topological polar surface area (TPSA) is 80.9 Å². The van der Waals surface area contributed by atoms with E-state index >= 15 is 0 Å². The quantitative estimate of drug-likeness (QED) is 0.737. The summed E-state index contributed by atoms with van der Waals surface area (Å²) >= 11 is 0. The molecule has 2 fully saturated rings. The van der Waals surface area contributed by atoms with E-state index in [0.29, 0.717) is 11.6 Å². The maximum Gasteiger partial charge on any atom is 0.339 e. The molecule has 170 valence electrons. The van der Waals surface area contributed by atoms with Gasteiger partial charge in [0, 0.05) is 56.2 Å². The molecule has 7 heteroatoms. The number of hydrogen-bond donors (Lipinski definition) is 1. The van der Waals surface area contributed by atoms with E-state index in [0.717, 1.165) is 56.9 Å². The highest BCUT2D eigenvalue weighted by Crippen LogP contribution is 2.39. The minimum Gasteiger partial charge on any atom is -0.465 e. The van der Waals surface area contributed by atoms with Crippen molar-refractivity contribution in [2.24, 2.45) is 5.73 Å². The number of esters is 1. The SMILES string of the molecule is COC(=O)c1cncc(-c2ccc3c(c2)CC(N)C3N2CCC(N3CCOCC3)CC2)c1. The Morgan fingerprint density at radius 3 is 2.59 bits per heavy atom. The van der Waals surface area contributed by atoms with Gasteiger partial charge in [0.15, 0.2) is 0 Å². The van der Waals surface area contributed by atoms with Gasteiger partial charge in [0.05, 0.1) is 31.9 Å². The van der Waals surface area contributed by atoms with E-state index in [1.807, 2.05) is 6.07 Å². The number of pyridine rings is 1. The summed E-state index contributed by atoms with van der Waals surface area (Å²) < 4.78 is 10.3. The molecule has 2 saturated heterocycles. The van der Waals surface area contributed by atoms with Crippen LogP contribution in [0, 0.1) is 0 Å². The van der Waals surface area contributed by atoms with Crippen LogP contribution >= 0.6 is 0 Å². The van der Waals surface area contributed by atoms with E-state index in [9.17, 15) is 4.79 Å². The van der Waals surface area contributed by atoms with Crippen LogP contribution in [0.4, 0.5) is 0 Å². The average Bonchev–Trinajstić information content (AvgIpc) is 3.19. The Bertz CT molecular complexity index is 967. The molecule has 0 spiro atoms. The number of carbonyl (C=O) groups is 1. The number of morpholine rings is 1. The Morgan fingerprint density at radius 1 is 1.06 bits per heavy atom. The first-order chi connectivity index (χ1) is 15.6. The number of fused-ring (bicyclic) bond motifs is 1. The largest absolute Gasteiger partial charge is 0.465 e. The zero-order valence-corrected chi connectivity index (χ0v) is 18.7. The third-order valence-corrected chi connectivity index (χ3v) is 7.27. The highest BCUT2D eigenvalue weighted by atomic mass is 16.5. The minimum absolute atomic E-state index is 0.111. The highest BCUT2D eigenvalue weighted by molar-refractivity contribution is 5.90. The van der Waals surface area contributed by atoms with Gasteiger partial charge >= 0.3 is 5.97 Å². The summed E-state index contributed by atoms with van der Waals surface area (Å²) in [6.07, 6.45) is 6.60. The van der Waals surface area contributed by atoms with Crippen molar-refractivity contribution in [2.45, 2.75) is 37.4 Å². The number of hydrogen-bond acceptors (Lipinski definition) is 7. The minimum atomic E-state index is -0.372. The van der Waals surface area contributed by atoms with Gasteiger partial charge in [-0.1, -0.05) is 18.2 Å². The molecule has 0 saturated carbocycles. The van der Waals surface area contributed by atoms with Crippen molar-refractivity contribution >= 4 is 5.97 Å². The number of likely N-dealkylation sites (tertiary alicyclic amines) is 1. The zero-order chi connectivity index (χ0) is 22.1. The monoisotopic (exact) mass is 436 g/mol. The summed E-state index contributed by atoms with van der Waals surface area (Å²) in [5, 5.41) is 0. The fraction of sp³-hybridized carbons (Fsp3) is 0.520. The number of carbonyl (C=O) groups excluding carboxylic acids is 1. The number of aromatic nitrogens is 1. The van der Waals surface area contributed by atoms with Crippen molar-refractivity contribution in [2.75, 3.05) is 46.5 Å². The molecule has 3 aliphatic rings. The predicted octanol–water partition coefficient (Wildman–Crippen LogP) is 2.26. The molecule has 2 aromatic rings. The Kier molecular flexibility index (Phi) is 6.24. The third-order valence-electron chi connectivity index (χ3n) is 7.27. The van der Waals surface area contributed by atoms with Crippen LogP contribution in [0.15, 0.2) is 36.7 Å². The van der Waals surface area contributed by atoms with Gasteiger partial charge in [-0.3, -0.25) is 14.8 Å². The van der Waals surface area contributed by atoms with E-state index in [-0.39, 0.29) is 18.1 Å². The van der Waals surface area contributed by atoms with Gasteiger partial charge in [0.25, 0.3) is 0 Å². The summed E-state index contributed by atoms with van der Waals surface area (Å²) in [4.78, 5) is 21.3. The summed E-state index contributed by atoms with van der Waals surface area (Å²) in [5.41, 5.74) is 11.8. The number of piperidine rings is 1. The van der Waals surface area contributed by atoms with E-state index in [4.69, 9.17) is 15.2 Å². The molecular weight excluding hydrogens is 404 g/mol. The summed E-state index contributed by atoms with van der Waals surface area (Å²) in [6.45, 7) is 6.03. The van der Waals surface area contributed by atoms with Crippen LogP contribution in [0.5, 0.6) is 0 Å². The molecule has 3 heterocycles. The van der Waals surface area contributed by atoms with Crippen LogP contribution in [0.3, 0.4) is 0 Å². The van der Waals surface area contributed by atoms with Crippen LogP contribution in [0.2, 0.25) is 0 Å². The summed E-state index contributed by atoms with van der Waals surface area (Å²) in [6, 6.07) is 9.47. The van der Waals surface area contributed by atoms with Crippen LogP contribution in [-0.4, -0.2) is 79.3 Å². The van der Waals surface area contributed by atoms with Gasteiger partial charge in [0.1, 0.15) is 0 Å². The van der Waals surface area contributed by atoms with E-state index in [1.165, 1.54) is 37.3 Å². The van der Waals surface area contributed by atoms with Gasteiger partial charge in [-0.2, -0.15) is 0 Å². The lowest BCUT2D eigenvalue weighted by Gasteiger charge is -2.42. The fourth-order valence-corrected chi connectivity index (χ4v) is 5.61. The normalized spacial score (nSPS) is 24.9. The highest BCUT2D eigenvalue weighted by Gasteiger charge is 2.37. The van der Waals surface area contributed by atoms with Crippen molar-refractivity contribution in [3.63, 3.8) is 0 Å². The smallest absolute Gasteiger partial charge is 0.339 e. The van der Waals surface area contributed by atoms with Crippen molar-refractivity contribution in [1.29, 1.82) is 0 Å². The van der Waals surface area contributed by atoms with Crippen LogP contribution < -0.4 is 5.73 Å². The average molecular weight is 437 g/mol. The Morgan fingerprint density at radius 2 is 1.84 bits per heavy atom. The first-order valence-corrected chi connectivity index (χ1v) is 11.6. The maximum atomic E-state index is 11.9. The van der Waals surface area contributed by atoms with Crippen molar-refractivity contribution in [3.05, 3.63) is 53.3 Å². The molecule has 1 aromatic carbocycles. The standard InChI is InChI=1S/C25H32N4O3/c1-31-25(30)20-13-19(15-27-16-20)17-2-3-22-18(12-17)14-23(26)24(22)29-6-4-21(5-7-29)28-8-10-32-11-9-28/h2-3,12-13,15-16,21,23-24H,4-11,14,26H2,1H3. The number of ether oxygens (including phenoxy) is 2. The lowest BCUT2D eigenvalue weighted by atomic mass is 9.96. The molecule has 2 aliphatic heterocycles. The lowest BCUT2D eigenvalue weighted by molar-refractivity contribution is -0.00414. The number of benzene rings is 1. The second kappa shape index (κ2) is 9.27. The van der Waals surface area contributed by atoms with Crippen molar-refractivity contribution < 1.29 is 14.3 Å². The molecule has 1 aliphatic carbocycles. The number of nitrogens with two attached hydrogens (primary N) is 1. The molecule has 0 amide bonds. The Labute approximate surface area is 189 Å². The van der Waals surface area contributed by atoms with Gasteiger partial charge in [-0.15, -0.1) is 0 Å². The Balaban J connectivity index is 1.31. The summed E-state index contributed by atoms with van der Waals surface area (Å²) in [7, 11) is 1.38. The van der Waals surface area contributed by atoms with Crippen LogP contribution in [0.25, 0.3) is 11.1 Å². The van der Waals surface area contributed by atoms with Gasteiger partial charge in [-0.25, -0.2) is 4.79 Å². The molecule has 0 radical (unpaired) electrons. The fourth-order valence-electron chi connectivity index (χ4n) is 5.61. The molecule has 1 aromatic heterocycles. The maximum absolute atomic E-state index is 11.9. The first kappa shape index (κ1) is 21.5. The van der Waals surface area contributed by atoms with Crippen molar-refractivity contribution in [1.82, 2.24) is 14.8 Å². The molecular formula is C25H32N4O3. The van der Waals surface area contributed by atoms with Crippen molar-refractivity contribution in [3.8, 4) is 11.1 Å². The molecule has 7 nitrogen and oxygen atoms in total. The number of methoxy groups -OCH3 is 1. The number of rotatable bonds is 4. The van der Waals surface area contributed by atoms with E-state index < -0.39 is 0 Å². The van der Waals surface area contributed by atoms with Crippen LogP contribution in [-0.2, 0) is 15.9 Å².